The predicted octanol–water partition coefficient (Wildman–Crippen LogP) is 6.80. The molecule has 0 aromatic heterocycles. The average molecular weight is 421 g/mol. The van der Waals surface area contributed by atoms with E-state index in [9.17, 15) is 4.39 Å². The van der Waals surface area contributed by atoms with Crippen molar-refractivity contribution in [3.8, 4) is 0 Å². The van der Waals surface area contributed by atoms with Gasteiger partial charge >= 0.3 is 0 Å². The molecular weight excluding hydrogens is 387 g/mol. The summed E-state index contributed by atoms with van der Waals surface area (Å²) >= 11 is 0. The summed E-state index contributed by atoms with van der Waals surface area (Å²) in [6.07, 6.45) is 11.4. The van der Waals surface area contributed by atoms with Gasteiger partial charge in [-0.1, -0.05) is 12.5 Å². The van der Waals surface area contributed by atoms with E-state index in [0.29, 0.717) is 5.69 Å². The van der Waals surface area contributed by atoms with Crippen LogP contribution in [0.3, 0.4) is 0 Å². The van der Waals surface area contributed by atoms with E-state index in [4.69, 9.17) is 0 Å². The van der Waals surface area contributed by atoms with Crippen LogP contribution >= 0.6 is 0 Å². The molecule has 5 heteroatoms. The van der Waals surface area contributed by atoms with Crippen molar-refractivity contribution in [2.45, 2.75) is 63.8 Å². The fourth-order valence-electron chi connectivity index (χ4n) is 5.81. The Kier molecular flexibility index (Phi) is 6.30. The van der Waals surface area contributed by atoms with Gasteiger partial charge in [0.1, 0.15) is 5.82 Å². The lowest BCUT2D eigenvalue weighted by Crippen LogP contribution is -2.49. The molecule has 1 N–H and O–H groups in total. The number of benzene rings is 2. The SMILES string of the molecule is Fc1cccc(N=Nc2ccc(NC[C@@H]3CCCN4CCCC[C@H]34)c3c2CCCC3)c1. The highest BCUT2D eigenvalue weighted by atomic mass is 19.1. The summed E-state index contributed by atoms with van der Waals surface area (Å²) < 4.78 is 13.4. The maximum Gasteiger partial charge on any atom is 0.125 e. The summed E-state index contributed by atoms with van der Waals surface area (Å²) in [6.45, 7) is 3.65. The minimum Gasteiger partial charge on any atom is -0.384 e. The minimum atomic E-state index is -0.280. The van der Waals surface area contributed by atoms with Crippen LogP contribution in [0.1, 0.15) is 56.1 Å². The van der Waals surface area contributed by atoms with Crippen molar-refractivity contribution >= 4 is 17.1 Å². The van der Waals surface area contributed by atoms with Gasteiger partial charge in [-0.05, 0) is 106 Å². The Morgan fingerprint density at radius 2 is 1.77 bits per heavy atom. The molecule has 0 saturated carbocycles. The largest absolute Gasteiger partial charge is 0.384 e. The van der Waals surface area contributed by atoms with Gasteiger partial charge in [-0.2, -0.15) is 10.2 Å². The Bertz CT molecular complexity index is 939. The Morgan fingerprint density at radius 1 is 0.903 bits per heavy atom. The fourth-order valence-corrected chi connectivity index (χ4v) is 5.81. The normalized spacial score (nSPS) is 24.0. The van der Waals surface area contributed by atoms with Crippen LogP contribution in [0.4, 0.5) is 21.5 Å². The molecule has 2 heterocycles. The van der Waals surface area contributed by atoms with Gasteiger partial charge in [-0.25, -0.2) is 4.39 Å². The van der Waals surface area contributed by atoms with Gasteiger partial charge in [-0.15, -0.1) is 0 Å². The van der Waals surface area contributed by atoms with Crippen LogP contribution in [0, 0.1) is 11.7 Å². The van der Waals surface area contributed by atoms with Gasteiger partial charge < -0.3 is 10.2 Å². The summed E-state index contributed by atoms with van der Waals surface area (Å²) in [5.74, 6) is 0.470. The molecule has 2 aromatic carbocycles. The first-order valence-corrected chi connectivity index (χ1v) is 12.1. The van der Waals surface area contributed by atoms with Gasteiger partial charge in [0.05, 0.1) is 11.4 Å². The lowest BCUT2D eigenvalue weighted by molar-refractivity contribution is 0.0649. The van der Waals surface area contributed by atoms with Crippen molar-refractivity contribution in [2.75, 3.05) is 25.0 Å². The second-order valence-corrected chi connectivity index (χ2v) is 9.36. The third-order valence-corrected chi connectivity index (χ3v) is 7.37. The van der Waals surface area contributed by atoms with Crippen molar-refractivity contribution in [3.05, 3.63) is 53.3 Å². The summed E-state index contributed by atoms with van der Waals surface area (Å²) in [5.41, 5.74) is 5.51. The highest BCUT2D eigenvalue weighted by Crippen LogP contribution is 2.37. The van der Waals surface area contributed by atoms with Crippen molar-refractivity contribution in [1.82, 2.24) is 4.90 Å². The third kappa shape index (κ3) is 4.67. The second-order valence-electron chi connectivity index (χ2n) is 9.36. The Hall–Kier alpha value is -2.27. The number of nitrogens with one attached hydrogen (secondary N) is 1. The molecular formula is C26H33FN4. The maximum atomic E-state index is 13.4. The van der Waals surface area contributed by atoms with Crippen LogP contribution in [0.5, 0.6) is 0 Å². The summed E-state index contributed by atoms with van der Waals surface area (Å²) in [7, 11) is 0. The van der Waals surface area contributed by atoms with E-state index < -0.39 is 0 Å². The predicted molar refractivity (Wildman–Crippen MR) is 124 cm³/mol. The summed E-state index contributed by atoms with van der Waals surface area (Å²) in [6, 6.07) is 11.3. The van der Waals surface area contributed by atoms with Crippen molar-refractivity contribution < 1.29 is 4.39 Å². The number of azo groups is 1. The number of hydrogen-bond donors (Lipinski definition) is 1. The number of halogens is 1. The molecule has 2 atom stereocenters. The number of rotatable bonds is 5. The molecule has 0 bridgehead atoms. The number of fused-ring (bicyclic) bond motifs is 2. The highest BCUT2D eigenvalue weighted by molar-refractivity contribution is 5.64. The number of nitrogens with zero attached hydrogens (tertiary/aromatic N) is 3. The van der Waals surface area contributed by atoms with E-state index in [1.165, 1.54) is 87.0 Å². The average Bonchev–Trinajstić information content (AvgIpc) is 2.82. The molecule has 5 rings (SSSR count). The first-order valence-electron chi connectivity index (χ1n) is 12.1. The molecule has 2 saturated heterocycles. The molecule has 0 unspecified atom stereocenters. The van der Waals surface area contributed by atoms with E-state index in [1.807, 2.05) is 0 Å². The smallest absolute Gasteiger partial charge is 0.125 e. The summed E-state index contributed by atoms with van der Waals surface area (Å²) in [5, 5.41) is 12.6. The van der Waals surface area contributed by atoms with Crippen molar-refractivity contribution in [2.24, 2.45) is 16.1 Å². The molecule has 4 nitrogen and oxygen atoms in total. The zero-order valence-electron chi connectivity index (χ0n) is 18.3. The zero-order valence-corrected chi connectivity index (χ0v) is 18.3. The number of anilines is 1. The van der Waals surface area contributed by atoms with Crippen LogP contribution in [0.15, 0.2) is 46.6 Å². The quantitative estimate of drug-likeness (QED) is 0.541. The van der Waals surface area contributed by atoms with E-state index in [-0.39, 0.29) is 5.82 Å². The molecule has 31 heavy (non-hydrogen) atoms. The van der Waals surface area contributed by atoms with Crippen LogP contribution in [0.25, 0.3) is 0 Å². The van der Waals surface area contributed by atoms with Gasteiger partial charge in [0.15, 0.2) is 0 Å². The van der Waals surface area contributed by atoms with Crippen molar-refractivity contribution in [3.63, 3.8) is 0 Å². The van der Waals surface area contributed by atoms with E-state index >= 15 is 0 Å². The Labute approximate surface area is 185 Å². The van der Waals surface area contributed by atoms with Crippen LogP contribution < -0.4 is 5.32 Å². The molecule has 2 aliphatic heterocycles. The molecule has 1 aliphatic carbocycles. The lowest BCUT2D eigenvalue weighted by atomic mass is 9.83. The third-order valence-electron chi connectivity index (χ3n) is 7.37. The zero-order chi connectivity index (χ0) is 21.0. The standard InChI is InChI=1S/C26H33FN4/c27-20-8-5-9-21(17-20)29-30-25-14-13-24(22-10-1-2-11-23(22)25)28-18-19-7-6-16-31-15-4-3-12-26(19)31/h5,8-9,13-14,17,19,26,28H,1-4,6-7,10-12,15-16,18H2/t19-,26+/m0/s1. The number of hydrogen-bond acceptors (Lipinski definition) is 4. The molecule has 2 fully saturated rings. The Morgan fingerprint density at radius 3 is 2.68 bits per heavy atom. The fraction of sp³-hybridized carbons (Fsp3) is 0.538. The maximum absolute atomic E-state index is 13.4. The van der Waals surface area contributed by atoms with Crippen LogP contribution in [-0.2, 0) is 12.8 Å². The summed E-state index contributed by atoms with van der Waals surface area (Å²) in [4.78, 5) is 2.74. The molecule has 164 valence electrons. The topological polar surface area (TPSA) is 40.0 Å². The van der Waals surface area contributed by atoms with Gasteiger partial charge in [0.25, 0.3) is 0 Å². The van der Waals surface area contributed by atoms with E-state index in [1.54, 1.807) is 12.1 Å². The molecule has 0 spiro atoms. The minimum absolute atomic E-state index is 0.280. The second kappa shape index (κ2) is 9.47. The molecule has 0 radical (unpaired) electrons. The van der Waals surface area contributed by atoms with Crippen LogP contribution in [-0.4, -0.2) is 30.6 Å². The van der Waals surface area contributed by atoms with E-state index in [0.717, 1.165) is 37.0 Å². The van der Waals surface area contributed by atoms with E-state index in [2.05, 4.69) is 32.6 Å². The number of piperidine rings is 2. The molecule has 3 aliphatic rings. The van der Waals surface area contributed by atoms with Crippen LogP contribution in [0.2, 0.25) is 0 Å². The van der Waals surface area contributed by atoms with Gasteiger partial charge in [-0.3, -0.25) is 0 Å². The lowest BCUT2D eigenvalue weighted by Gasteiger charge is -2.44. The highest BCUT2D eigenvalue weighted by Gasteiger charge is 2.32. The first-order chi connectivity index (χ1) is 15.3. The van der Waals surface area contributed by atoms with Gasteiger partial charge in [0.2, 0.25) is 0 Å². The Balaban J connectivity index is 1.33. The van der Waals surface area contributed by atoms with Gasteiger partial charge in [0, 0.05) is 24.3 Å². The molecule has 0 amide bonds. The molecule has 2 aromatic rings. The first kappa shape index (κ1) is 20.6. The monoisotopic (exact) mass is 420 g/mol. The van der Waals surface area contributed by atoms with Crippen molar-refractivity contribution in [1.29, 1.82) is 0 Å².